The predicted octanol–water partition coefficient (Wildman–Crippen LogP) is 5.16. The molecular weight excluding hydrogens is 244 g/mol. The lowest BCUT2D eigenvalue weighted by atomic mass is 9.93. The fourth-order valence-corrected chi connectivity index (χ4v) is 3.17. The zero-order valence-electron chi connectivity index (χ0n) is 11.2. The van der Waals surface area contributed by atoms with Gasteiger partial charge in [-0.15, -0.1) is 0 Å². The minimum absolute atomic E-state index is 0.381. The van der Waals surface area contributed by atoms with Gasteiger partial charge in [0.15, 0.2) is 0 Å². The van der Waals surface area contributed by atoms with Crippen LogP contribution in [-0.2, 0) is 0 Å². The smallest absolute Gasteiger partial charge is 0.131 e. The molecule has 1 N–H and O–H groups in total. The zero-order valence-corrected chi connectivity index (χ0v) is 11.2. The molecule has 0 fully saturated rings. The molecule has 0 aromatic heterocycles. The molecule has 4 aromatic rings. The van der Waals surface area contributed by atoms with E-state index in [9.17, 15) is 5.11 Å². The summed E-state index contributed by atoms with van der Waals surface area (Å²) in [6, 6.07) is 20.5. The average Bonchev–Trinajstić information content (AvgIpc) is 2.51. The summed E-state index contributed by atoms with van der Waals surface area (Å²) in [5, 5.41) is 17.1. The Balaban J connectivity index is 2.38. The Labute approximate surface area is 117 Å². The van der Waals surface area contributed by atoms with E-state index in [0.717, 1.165) is 21.5 Å². The molecule has 96 valence electrons. The first-order valence-electron chi connectivity index (χ1n) is 6.79. The fourth-order valence-electron chi connectivity index (χ4n) is 3.17. The molecule has 0 unspecified atom stereocenters. The molecule has 20 heavy (non-hydrogen) atoms. The van der Waals surface area contributed by atoms with Gasteiger partial charge in [-0.25, -0.2) is 0 Å². The van der Waals surface area contributed by atoms with Gasteiger partial charge in [0.1, 0.15) is 5.75 Å². The zero-order chi connectivity index (χ0) is 13.7. The van der Waals surface area contributed by atoms with Crippen LogP contribution in [0.25, 0.3) is 32.3 Å². The topological polar surface area (TPSA) is 20.2 Å². The third-order valence-corrected chi connectivity index (χ3v) is 4.15. The standard InChI is InChI=1S/C19H14O/c1-12-14-7-4-5-9-16(14)19(20)17-11-10-13-6-2-3-8-15(13)18(12)17/h2-11,20H,1H3. The van der Waals surface area contributed by atoms with Gasteiger partial charge < -0.3 is 5.11 Å². The minimum Gasteiger partial charge on any atom is -0.507 e. The van der Waals surface area contributed by atoms with E-state index >= 15 is 0 Å². The first kappa shape index (κ1) is 11.3. The van der Waals surface area contributed by atoms with E-state index in [1.54, 1.807) is 0 Å². The summed E-state index contributed by atoms with van der Waals surface area (Å²) in [5.74, 6) is 0.381. The first-order chi connectivity index (χ1) is 9.77. The third kappa shape index (κ3) is 1.38. The maximum absolute atomic E-state index is 10.6. The van der Waals surface area contributed by atoms with Crippen LogP contribution in [0.3, 0.4) is 0 Å². The lowest BCUT2D eigenvalue weighted by Gasteiger charge is -2.13. The summed E-state index contributed by atoms with van der Waals surface area (Å²) in [6.45, 7) is 2.14. The highest BCUT2D eigenvalue weighted by Crippen LogP contribution is 2.40. The van der Waals surface area contributed by atoms with E-state index in [4.69, 9.17) is 0 Å². The summed E-state index contributed by atoms with van der Waals surface area (Å²) >= 11 is 0. The Morgan fingerprint density at radius 3 is 2.10 bits per heavy atom. The fraction of sp³-hybridized carbons (Fsp3) is 0.0526. The number of benzene rings is 4. The maximum Gasteiger partial charge on any atom is 0.131 e. The first-order valence-corrected chi connectivity index (χ1v) is 6.79. The van der Waals surface area contributed by atoms with Gasteiger partial charge in [-0.2, -0.15) is 0 Å². The van der Waals surface area contributed by atoms with Crippen LogP contribution in [0.2, 0.25) is 0 Å². The molecule has 0 bridgehead atoms. The number of rotatable bonds is 0. The molecule has 0 amide bonds. The van der Waals surface area contributed by atoms with Crippen LogP contribution in [0.15, 0.2) is 60.7 Å². The highest BCUT2D eigenvalue weighted by atomic mass is 16.3. The lowest BCUT2D eigenvalue weighted by Crippen LogP contribution is -1.86. The monoisotopic (exact) mass is 258 g/mol. The van der Waals surface area contributed by atoms with Crippen molar-refractivity contribution in [3.8, 4) is 5.75 Å². The number of phenols is 1. The van der Waals surface area contributed by atoms with Gasteiger partial charge in [0.25, 0.3) is 0 Å². The van der Waals surface area contributed by atoms with Gasteiger partial charge in [0, 0.05) is 10.8 Å². The van der Waals surface area contributed by atoms with E-state index in [2.05, 4.69) is 31.2 Å². The van der Waals surface area contributed by atoms with E-state index in [0.29, 0.717) is 5.75 Å². The molecule has 4 rings (SSSR count). The largest absolute Gasteiger partial charge is 0.507 e. The van der Waals surface area contributed by atoms with Crippen LogP contribution in [0.5, 0.6) is 5.75 Å². The summed E-state index contributed by atoms with van der Waals surface area (Å²) in [5.41, 5.74) is 1.23. The van der Waals surface area contributed by atoms with Crippen molar-refractivity contribution in [2.75, 3.05) is 0 Å². The molecule has 0 spiro atoms. The summed E-state index contributed by atoms with van der Waals surface area (Å²) in [7, 11) is 0. The number of hydrogen-bond acceptors (Lipinski definition) is 1. The second kappa shape index (κ2) is 3.97. The number of hydrogen-bond donors (Lipinski definition) is 1. The molecule has 0 saturated heterocycles. The molecule has 4 aromatic carbocycles. The third-order valence-electron chi connectivity index (χ3n) is 4.15. The molecule has 1 nitrogen and oxygen atoms in total. The van der Waals surface area contributed by atoms with Crippen molar-refractivity contribution in [2.24, 2.45) is 0 Å². The van der Waals surface area contributed by atoms with E-state index in [1.165, 1.54) is 16.3 Å². The van der Waals surface area contributed by atoms with Crippen molar-refractivity contribution < 1.29 is 5.11 Å². The number of phenolic OH excluding ortho intramolecular Hbond substituents is 1. The van der Waals surface area contributed by atoms with Crippen LogP contribution >= 0.6 is 0 Å². The van der Waals surface area contributed by atoms with Crippen LogP contribution in [0.1, 0.15) is 5.56 Å². The lowest BCUT2D eigenvalue weighted by molar-refractivity contribution is 0.488. The number of aryl methyl sites for hydroxylation is 1. The van der Waals surface area contributed by atoms with Crippen LogP contribution in [0, 0.1) is 6.92 Å². The second-order valence-electron chi connectivity index (χ2n) is 5.23. The average molecular weight is 258 g/mol. The molecular formula is C19H14O. The van der Waals surface area contributed by atoms with Crippen molar-refractivity contribution in [1.29, 1.82) is 0 Å². The van der Waals surface area contributed by atoms with Crippen molar-refractivity contribution in [1.82, 2.24) is 0 Å². The summed E-state index contributed by atoms with van der Waals surface area (Å²) in [6.07, 6.45) is 0. The normalized spacial score (nSPS) is 11.4. The maximum atomic E-state index is 10.6. The summed E-state index contributed by atoms with van der Waals surface area (Å²) < 4.78 is 0. The summed E-state index contributed by atoms with van der Waals surface area (Å²) in [4.78, 5) is 0. The Bertz CT molecular complexity index is 967. The quantitative estimate of drug-likeness (QED) is 0.341. The van der Waals surface area contributed by atoms with E-state index in [1.807, 2.05) is 36.4 Å². The Morgan fingerprint density at radius 2 is 1.30 bits per heavy atom. The predicted molar refractivity (Wildman–Crippen MR) is 85.4 cm³/mol. The highest BCUT2D eigenvalue weighted by Gasteiger charge is 2.12. The Hall–Kier alpha value is -2.54. The molecule has 0 aliphatic heterocycles. The molecule has 0 saturated carbocycles. The molecule has 0 radical (unpaired) electrons. The van der Waals surface area contributed by atoms with Crippen LogP contribution in [-0.4, -0.2) is 5.11 Å². The van der Waals surface area contributed by atoms with Crippen molar-refractivity contribution >= 4 is 32.3 Å². The molecule has 0 aliphatic carbocycles. The molecule has 0 aliphatic rings. The van der Waals surface area contributed by atoms with Crippen molar-refractivity contribution in [3.63, 3.8) is 0 Å². The molecule has 0 atom stereocenters. The minimum atomic E-state index is 0.381. The Morgan fingerprint density at radius 1 is 0.650 bits per heavy atom. The second-order valence-corrected chi connectivity index (χ2v) is 5.23. The number of aromatic hydroxyl groups is 1. The Kier molecular flexibility index (Phi) is 2.25. The van der Waals surface area contributed by atoms with Crippen LogP contribution in [0.4, 0.5) is 0 Å². The van der Waals surface area contributed by atoms with Gasteiger partial charge in [0.05, 0.1) is 0 Å². The van der Waals surface area contributed by atoms with Crippen LogP contribution < -0.4 is 0 Å². The van der Waals surface area contributed by atoms with Gasteiger partial charge in [-0.3, -0.25) is 0 Å². The van der Waals surface area contributed by atoms with Gasteiger partial charge in [0.2, 0.25) is 0 Å². The van der Waals surface area contributed by atoms with E-state index in [-0.39, 0.29) is 0 Å². The number of fused-ring (bicyclic) bond motifs is 4. The van der Waals surface area contributed by atoms with Crippen molar-refractivity contribution in [3.05, 3.63) is 66.2 Å². The van der Waals surface area contributed by atoms with E-state index < -0.39 is 0 Å². The molecule has 0 heterocycles. The van der Waals surface area contributed by atoms with Gasteiger partial charge >= 0.3 is 0 Å². The van der Waals surface area contributed by atoms with Crippen molar-refractivity contribution in [2.45, 2.75) is 6.92 Å². The van der Waals surface area contributed by atoms with Gasteiger partial charge in [-0.05, 0) is 40.1 Å². The SMILES string of the molecule is Cc1c2ccccc2c(O)c2ccc3ccccc3c12. The van der Waals surface area contributed by atoms with Gasteiger partial charge in [-0.1, -0.05) is 54.6 Å². The highest BCUT2D eigenvalue weighted by molar-refractivity contribution is 6.17. The molecule has 1 heteroatoms.